The summed E-state index contributed by atoms with van der Waals surface area (Å²) < 4.78 is 10.1. The maximum atomic E-state index is 11.3. The number of rotatable bonds is 6. The van der Waals surface area contributed by atoms with E-state index in [1.165, 1.54) is 6.92 Å². The van der Waals surface area contributed by atoms with Gasteiger partial charge in [0, 0.05) is 6.42 Å². The fourth-order valence-electron chi connectivity index (χ4n) is 1.66. The Morgan fingerprint density at radius 1 is 0.769 bits per heavy atom. The van der Waals surface area contributed by atoms with Crippen LogP contribution >= 0.6 is 0 Å². The van der Waals surface area contributed by atoms with Gasteiger partial charge < -0.3 is 19.4 Å². The van der Waals surface area contributed by atoms with E-state index in [2.05, 4.69) is 0 Å². The van der Waals surface area contributed by atoms with E-state index in [1.807, 2.05) is 20.8 Å². The lowest BCUT2D eigenvalue weighted by atomic mass is 10.1. The second kappa shape index (κ2) is 10.9. The van der Waals surface area contributed by atoms with Gasteiger partial charge in [0.15, 0.2) is 0 Å². The lowest BCUT2D eigenvalue weighted by Gasteiger charge is -2.21. The van der Waals surface area contributed by atoms with Gasteiger partial charge in [0.05, 0.1) is 18.3 Å². The number of hydrogen-bond acceptors (Lipinski definition) is 6. The molecule has 0 aromatic heterocycles. The smallest absolute Gasteiger partial charge is 0.309 e. The molecule has 0 radical (unpaired) electrons. The summed E-state index contributed by atoms with van der Waals surface area (Å²) in [5, 5.41) is 8.42. The second-order valence-electron chi connectivity index (χ2n) is 8.37. The molecular formula is C19H34O7. The highest BCUT2D eigenvalue weighted by Crippen LogP contribution is 2.14. The summed E-state index contributed by atoms with van der Waals surface area (Å²) in [4.78, 5) is 43.5. The molecule has 1 N–H and O–H groups in total. The molecule has 2 atom stereocenters. The minimum atomic E-state index is -0.988. The highest BCUT2D eigenvalue weighted by atomic mass is 16.6. The average molecular weight is 374 g/mol. The van der Waals surface area contributed by atoms with E-state index < -0.39 is 29.1 Å². The summed E-state index contributed by atoms with van der Waals surface area (Å²) in [6.45, 7) is 15.4. The number of aliphatic carboxylic acids is 1. The van der Waals surface area contributed by atoms with Gasteiger partial charge in [-0.2, -0.15) is 0 Å². The molecule has 0 bridgehead atoms. The van der Waals surface area contributed by atoms with Crippen LogP contribution in [-0.2, 0) is 28.7 Å². The Hall–Kier alpha value is -1.92. The molecule has 26 heavy (non-hydrogen) atoms. The Morgan fingerprint density at radius 2 is 1.08 bits per heavy atom. The van der Waals surface area contributed by atoms with Gasteiger partial charge in [-0.1, -0.05) is 13.8 Å². The molecular weight excluding hydrogens is 340 g/mol. The third-order valence-corrected chi connectivity index (χ3v) is 2.69. The van der Waals surface area contributed by atoms with Gasteiger partial charge in [-0.15, -0.1) is 0 Å². The van der Waals surface area contributed by atoms with E-state index in [-0.39, 0.29) is 30.5 Å². The molecule has 0 amide bonds. The molecule has 0 spiro atoms. The van der Waals surface area contributed by atoms with E-state index in [0.29, 0.717) is 0 Å². The van der Waals surface area contributed by atoms with Crippen molar-refractivity contribution in [3.8, 4) is 0 Å². The molecule has 0 aliphatic heterocycles. The largest absolute Gasteiger partial charge is 0.481 e. The lowest BCUT2D eigenvalue weighted by molar-refractivity contribution is -0.162. The third kappa shape index (κ3) is 16.9. The summed E-state index contributed by atoms with van der Waals surface area (Å²) in [6, 6.07) is 0. The molecule has 7 heteroatoms. The van der Waals surface area contributed by atoms with Crippen LogP contribution < -0.4 is 0 Å². The van der Waals surface area contributed by atoms with Crippen molar-refractivity contribution in [3.05, 3.63) is 0 Å². The minimum absolute atomic E-state index is 0.0124. The normalized spacial score (nSPS) is 13.6. The topological polar surface area (TPSA) is 107 Å². The Morgan fingerprint density at radius 3 is 1.31 bits per heavy atom. The van der Waals surface area contributed by atoms with Crippen molar-refractivity contribution in [1.29, 1.82) is 0 Å². The monoisotopic (exact) mass is 374 g/mol. The van der Waals surface area contributed by atoms with Crippen molar-refractivity contribution in [2.75, 3.05) is 0 Å². The molecule has 0 fully saturated rings. The van der Waals surface area contributed by atoms with Crippen LogP contribution in [0.5, 0.6) is 0 Å². The maximum Gasteiger partial charge on any atom is 0.309 e. The zero-order valence-electron chi connectivity index (χ0n) is 17.5. The number of esters is 2. The highest BCUT2D eigenvalue weighted by molar-refractivity contribution is 5.82. The quantitative estimate of drug-likeness (QED) is 0.710. The fourth-order valence-corrected chi connectivity index (χ4v) is 1.66. The van der Waals surface area contributed by atoms with Crippen LogP contribution in [0.1, 0.15) is 75.2 Å². The summed E-state index contributed by atoms with van der Waals surface area (Å²) in [5.74, 6) is -2.66. The number of ether oxygens (including phenoxy) is 2. The maximum absolute atomic E-state index is 11.3. The summed E-state index contributed by atoms with van der Waals surface area (Å²) >= 11 is 0. The van der Waals surface area contributed by atoms with Gasteiger partial charge in [-0.25, -0.2) is 0 Å². The standard InChI is InChI=1S/C10H18O3.C9H16O4/c1-7(6-8(2)11)9(12)13-10(3,4)5;1-6(5-7(10)11)8(12)13-9(2,3)4/h7H,6H2,1-5H3;6H,5H2,1-4H3,(H,10,11). The van der Waals surface area contributed by atoms with Crippen molar-refractivity contribution >= 4 is 23.7 Å². The van der Waals surface area contributed by atoms with Gasteiger partial charge >= 0.3 is 17.9 Å². The van der Waals surface area contributed by atoms with Crippen molar-refractivity contribution in [1.82, 2.24) is 0 Å². The molecule has 0 aliphatic rings. The van der Waals surface area contributed by atoms with Crippen molar-refractivity contribution < 1.29 is 33.8 Å². The van der Waals surface area contributed by atoms with Crippen LogP contribution in [0.15, 0.2) is 0 Å². The van der Waals surface area contributed by atoms with Gasteiger partial charge in [-0.3, -0.25) is 14.4 Å². The molecule has 2 unspecified atom stereocenters. The predicted molar refractivity (Wildman–Crippen MR) is 97.6 cm³/mol. The van der Waals surface area contributed by atoms with Crippen LogP contribution in [0.3, 0.4) is 0 Å². The number of ketones is 1. The number of hydrogen-bond donors (Lipinski definition) is 1. The lowest BCUT2D eigenvalue weighted by Crippen LogP contribution is -2.28. The van der Waals surface area contributed by atoms with Crippen LogP contribution in [0.4, 0.5) is 0 Å². The Bertz CT molecular complexity index is 449. The Balaban J connectivity index is 0. The molecule has 152 valence electrons. The van der Waals surface area contributed by atoms with E-state index in [4.69, 9.17) is 14.6 Å². The average Bonchev–Trinajstić information content (AvgIpc) is 2.33. The Labute approximate surface area is 156 Å². The number of carboxylic acids is 1. The van der Waals surface area contributed by atoms with Gasteiger partial charge in [0.2, 0.25) is 0 Å². The Kier molecular flexibility index (Phi) is 11.1. The summed E-state index contributed by atoms with van der Waals surface area (Å²) in [5.41, 5.74) is -1.02. The van der Waals surface area contributed by atoms with E-state index in [1.54, 1.807) is 34.6 Å². The molecule has 0 saturated heterocycles. The second-order valence-corrected chi connectivity index (χ2v) is 8.37. The highest BCUT2D eigenvalue weighted by Gasteiger charge is 2.23. The van der Waals surface area contributed by atoms with Gasteiger partial charge in [0.1, 0.15) is 17.0 Å². The van der Waals surface area contributed by atoms with Crippen LogP contribution in [0, 0.1) is 11.8 Å². The first-order valence-electron chi connectivity index (χ1n) is 8.61. The summed E-state index contributed by atoms with van der Waals surface area (Å²) in [6.07, 6.45) is 0.0732. The van der Waals surface area contributed by atoms with E-state index >= 15 is 0 Å². The fraction of sp³-hybridized carbons (Fsp3) is 0.789. The molecule has 0 heterocycles. The summed E-state index contributed by atoms with van der Waals surface area (Å²) in [7, 11) is 0. The zero-order valence-corrected chi connectivity index (χ0v) is 17.5. The van der Waals surface area contributed by atoms with Gasteiger partial charge in [-0.05, 0) is 48.5 Å². The van der Waals surface area contributed by atoms with Crippen LogP contribution in [0.25, 0.3) is 0 Å². The predicted octanol–water partition coefficient (Wildman–Crippen LogP) is 3.38. The van der Waals surface area contributed by atoms with Crippen LogP contribution in [-0.4, -0.2) is 40.0 Å². The molecule has 0 rings (SSSR count). The first kappa shape index (κ1) is 26.3. The molecule has 7 nitrogen and oxygen atoms in total. The number of Topliss-reactive ketones (excluding diaryl/α,β-unsaturated/α-hetero) is 1. The van der Waals surface area contributed by atoms with Crippen LogP contribution in [0.2, 0.25) is 0 Å². The van der Waals surface area contributed by atoms with Crippen molar-refractivity contribution in [2.24, 2.45) is 11.8 Å². The van der Waals surface area contributed by atoms with E-state index in [0.717, 1.165) is 0 Å². The van der Waals surface area contributed by atoms with Crippen molar-refractivity contribution in [3.63, 3.8) is 0 Å². The third-order valence-electron chi connectivity index (χ3n) is 2.69. The van der Waals surface area contributed by atoms with Crippen molar-refractivity contribution in [2.45, 2.75) is 86.4 Å². The molecule has 0 aromatic rings. The molecule has 0 saturated carbocycles. The number of carboxylic acid groups (broad SMARTS) is 1. The number of carbonyl (C=O) groups excluding carboxylic acids is 3. The van der Waals surface area contributed by atoms with Gasteiger partial charge in [0.25, 0.3) is 0 Å². The number of carbonyl (C=O) groups is 4. The first-order valence-corrected chi connectivity index (χ1v) is 8.61. The minimum Gasteiger partial charge on any atom is -0.481 e. The van der Waals surface area contributed by atoms with E-state index in [9.17, 15) is 19.2 Å². The SMILES string of the molecule is CC(=O)CC(C)C(=O)OC(C)(C)C.CC(CC(=O)O)C(=O)OC(C)(C)C. The molecule has 0 aromatic carbocycles. The zero-order chi connectivity index (χ0) is 21.3. The first-order chi connectivity index (χ1) is 11.4. The molecule has 0 aliphatic carbocycles.